The van der Waals surface area contributed by atoms with E-state index in [2.05, 4.69) is 14.9 Å². The first-order valence-corrected chi connectivity index (χ1v) is 11.6. The third-order valence-corrected chi connectivity index (χ3v) is 6.17. The monoisotopic (exact) mass is 494 g/mol. The molecule has 8 nitrogen and oxygen atoms in total. The maximum atomic E-state index is 14.9. The quantitative estimate of drug-likeness (QED) is 0.506. The van der Waals surface area contributed by atoms with Gasteiger partial charge in [-0.25, -0.2) is 13.8 Å². The van der Waals surface area contributed by atoms with Crippen LogP contribution in [0.25, 0.3) is 11.3 Å². The first kappa shape index (κ1) is 25.2. The Balaban J connectivity index is 1.69. The largest absolute Gasteiger partial charge is 0.397 e. The summed E-state index contributed by atoms with van der Waals surface area (Å²) in [5.41, 5.74) is 12.8. The average molecular weight is 495 g/mol. The van der Waals surface area contributed by atoms with Crippen molar-refractivity contribution < 1.29 is 18.4 Å². The Morgan fingerprint density at radius 3 is 2.67 bits per heavy atom. The highest BCUT2D eigenvalue weighted by molar-refractivity contribution is 6.01. The molecule has 1 amide bonds. The zero-order valence-electron chi connectivity index (χ0n) is 20.2. The first-order chi connectivity index (χ1) is 17.2. The number of piperidine rings is 1. The van der Waals surface area contributed by atoms with Crippen LogP contribution in [-0.4, -0.2) is 59.8 Å². The summed E-state index contributed by atoms with van der Waals surface area (Å²) < 4.78 is 29.6. The van der Waals surface area contributed by atoms with E-state index in [0.717, 1.165) is 37.2 Å². The fourth-order valence-corrected chi connectivity index (χ4v) is 4.36. The van der Waals surface area contributed by atoms with Crippen molar-refractivity contribution in [1.29, 1.82) is 0 Å². The molecule has 2 aromatic heterocycles. The average Bonchev–Trinajstić information content (AvgIpc) is 2.84. The number of aromatic nitrogens is 2. The minimum Gasteiger partial charge on any atom is -0.397 e. The number of nitrogens with zero attached hydrogens (tertiary/aromatic N) is 4. The molecular weight excluding hydrogens is 466 g/mol. The Kier molecular flexibility index (Phi) is 7.25. The summed E-state index contributed by atoms with van der Waals surface area (Å²) in [4.78, 5) is 37.3. The summed E-state index contributed by atoms with van der Waals surface area (Å²) in [7, 11) is 3.10. The lowest BCUT2D eigenvalue weighted by atomic mass is 10.0. The summed E-state index contributed by atoms with van der Waals surface area (Å²) in [6.07, 6.45) is 5.04. The van der Waals surface area contributed by atoms with E-state index < -0.39 is 23.1 Å². The van der Waals surface area contributed by atoms with Crippen molar-refractivity contribution in [3.05, 3.63) is 71.2 Å². The van der Waals surface area contributed by atoms with Crippen LogP contribution in [-0.2, 0) is 6.42 Å². The summed E-state index contributed by atoms with van der Waals surface area (Å²) >= 11 is 0. The van der Waals surface area contributed by atoms with E-state index in [-0.39, 0.29) is 40.9 Å². The van der Waals surface area contributed by atoms with Gasteiger partial charge in [0.15, 0.2) is 11.6 Å². The molecule has 0 spiro atoms. The van der Waals surface area contributed by atoms with Gasteiger partial charge in [0.1, 0.15) is 17.2 Å². The molecule has 4 rings (SSSR count). The molecule has 4 N–H and O–H groups in total. The molecule has 0 aliphatic carbocycles. The number of amides is 1. The van der Waals surface area contributed by atoms with Gasteiger partial charge < -0.3 is 21.3 Å². The molecule has 3 heterocycles. The molecule has 1 aromatic carbocycles. The number of Topliss-reactive ketones (excluding diaryl/α,β-unsaturated/α-hetero) is 1. The molecule has 36 heavy (non-hydrogen) atoms. The van der Waals surface area contributed by atoms with Crippen LogP contribution in [0.3, 0.4) is 0 Å². The Bertz CT molecular complexity index is 1310. The number of nitrogen functional groups attached to an aromatic ring is 1. The second-order valence-electron chi connectivity index (χ2n) is 9.10. The van der Waals surface area contributed by atoms with Gasteiger partial charge in [0.25, 0.3) is 5.91 Å². The van der Waals surface area contributed by atoms with Crippen molar-refractivity contribution in [1.82, 2.24) is 14.9 Å². The van der Waals surface area contributed by atoms with Gasteiger partial charge in [0, 0.05) is 80.5 Å². The van der Waals surface area contributed by atoms with E-state index in [1.54, 1.807) is 26.5 Å². The number of pyridine rings is 2. The minimum absolute atomic E-state index is 0.0393. The lowest BCUT2D eigenvalue weighted by molar-refractivity contribution is 0.0827. The minimum atomic E-state index is -0.901. The summed E-state index contributed by atoms with van der Waals surface area (Å²) in [5.74, 6) is -2.53. The van der Waals surface area contributed by atoms with E-state index in [4.69, 9.17) is 11.5 Å². The predicted molar refractivity (Wildman–Crippen MR) is 134 cm³/mol. The van der Waals surface area contributed by atoms with Crippen LogP contribution in [0.15, 0.2) is 42.7 Å². The Labute approximate surface area is 207 Å². The maximum Gasteiger partial charge on any atom is 0.253 e. The van der Waals surface area contributed by atoms with Crippen LogP contribution in [0.2, 0.25) is 0 Å². The van der Waals surface area contributed by atoms with Gasteiger partial charge >= 0.3 is 0 Å². The maximum absolute atomic E-state index is 14.9. The van der Waals surface area contributed by atoms with E-state index in [1.807, 2.05) is 6.07 Å². The zero-order chi connectivity index (χ0) is 26.0. The van der Waals surface area contributed by atoms with Crippen LogP contribution < -0.4 is 16.4 Å². The topological polar surface area (TPSA) is 118 Å². The number of nitrogens with two attached hydrogens (primary N) is 2. The molecule has 1 fully saturated rings. The van der Waals surface area contributed by atoms with Crippen LogP contribution in [0.5, 0.6) is 0 Å². The number of hydrogen-bond acceptors (Lipinski definition) is 7. The normalized spacial score (nSPS) is 15.6. The fourth-order valence-electron chi connectivity index (χ4n) is 4.36. The van der Waals surface area contributed by atoms with Crippen LogP contribution in [0.4, 0.5) is 20.2 Å². The smallest absolute Gasteiger partial charge is 0.253 e. The van der Waals surface area contributed by atoms with Gasteiger partial charge in [-0.15, -0.1) is 0 Å². The first-order valence-electron chi connectivity index (χ1n) is 11.6. The molecular formula is C26H28F2N6O2. The Hall–Kier alpha value is -3.92. The number of rotatable bonds is 6. The molecule has 0 bridgehead atoms. The number of carbonyl (C=O) groups is 2. The zero-order valence-corrected chi connectivity index (χ0v) is 20.2. The van der Waals surface area contributed by atoms with Crippen molar-refractivity contribution in [3.63, 3.8) is 0 Å². The summed E-state index contributed by atoms with van der Waals surface area (Å²) in [6.45, 7) is 1.47. The Morgan fingerprint density at radius 1 is 1.17 bits per heavy atom. The lowest BCUT2D eigenvalue weighted by Crippen LogP contribution is -2.43. The SMILES string of the molecule is CN(C)C(=O)c1ccc(F)c(-c2nc(C(=O)Cc3cnccc3N3CCC[C@H](N)C3)c(N)cc2F)c1. The standard InChI is InChI=1S/C26H28F2N6O2/c1-33(2)26(36)15-5-6-19(27)18(10-15)24-20(28)12-21(30)25(32-24)23(35)11-16-13-31-8-7-22(16)34-9-3-4-17(29)14-34/h5-8,10,12-13,17H,3-4,9,11,14,29-30H2,1-2H3/t17-/m0/s1. The van der Waals surface area contributed by atoms with Crippen molar-refractivity contribution in [2.75, 3.05) is 37.8 Å². The Morgan fingerprint density at radius 2 is 1.94 bits per heavy atom. The van der Waals surface area contributed by atoms with Crippen LogP contribution >= 0.6 is 0 Å². The molecule has 1 saturated heterocycles. The van der Waals surface area contributed by atoms with Crippen LogP contribution in [0, 0.1) is 11.6 Å². The molecule has 1 atom stereocenters. The molecule has 0 saturated carbocycles. The molecule has 188 valence electrons. The highest BCUT2D eigenvalue weighted by atomic mass is 19.1. The van der Waals surface area contributed by atoms with Gasteiger partial charge in [0.2, 0.25) is 0 Å². The van der Waals surface area contributed by atoms with Gasteiger partial charge in [-0.05, 0) is 37.1 Å². The number of halogens is 2. The number of hydrogen-bond donors (Lipinski definition) is 2. The highest BCUT2D eigenvalue weighted by Crippen LogP contribution is 2.29. The van der Waals surface area contributed by atoms with Gasteiger partial charge in [-0.2, -0.15) is 0 Å². The second kappa shape index (κ2) is 10.4. The molecule has 3 aromatic rings. The molecule has 0 unspecified atom stereocenters. The predicted octanol–water partition coefficient (Wildman–Crippen LogP) is 3.06. The number of carbonyl (C=O) groups excluding carboxylic acids is 2. The number of anilines is 2. The highest BCUT2D eigenvalue weighted by Gasteiger charge is 2.24. The van der Waals surface area contributed by atoms with Crippen molar-refractivity contribution in [3.8, 4) is 11.3 Å². The molecule has 1 aliphatic heterocycles. The number of benzene rings is 1. The van der Waals surface area contributed by atoms with E-state index in [1.165, 1.54) is 17.0 Å². The molecule has 10 heteroatoms. The van der Waals surface area contributed by atoms with E-state index in [0.29, 0.717) is 12.1 Å². The molecule has 1 aliphatic rings. The van der Waals surface area contributed by atoms with Crippen LogP contribution in [0.1, 0.15) is 39.3 Å². The summed E-state index contributed by atoms with van der Waals surface area (Å²) in [6, 6.07) is 6.40. The van der Waals surface area contributed by atoms with E-state index >= 15 is 0 Å². The van der Waals surface area contributed by atoms with Crippen molar-refractivity contribution in [2.45, 2.75) is 25.3 Å². The second-order valence-corrected chi connectivity index (χ2v) is 9.10. The van der Waals surface area contributed by atoms with Crippen molar-refractivity contribution >= 4 is 23.1 Å². The van der Waals surface area contributed by atoms with Gasteiger partial charge in [0.05, 0.1) is 5.69 Å². The van der Waals surface area contributed by atoms with Gasteiger partial charge in [-0.3, -0.25) is 14.6 Å². The molecule has 0 radical (unpaired) electrons. The third-order valence-electron chi connectivity index (χ3n) is 6.17. The number of ketones is 1. The van der Waals surface area contributed by atoms with E-state index in [9.17, 15) is 18.4 Å². The van der Waals surface area contributed by atoms with Gasteiger partial charge in [-0.1, -0.05) is 0 Å². The fraction of sp³-hybridized carbons (Fsp3) is 0.308. The van der Waals surface area contributed by atoms with Crippen molar-refractivity contribution in [2.24, 2.45) is 5.73 Å². The summed E-state index contributed by atoms with van der Waals surface area (Å²) in [5, 5.41) is 0. The third kappa shape index (κ3) is 5.18. The lowest BCUT2D eigenvalue weighted by Gasteiger charge is -2.33.